The van der Waals surface area contributed by atoms with Crippen molar-refractivity contribution >= 4 is 12.0 Å². The summed E-state index contributed by atoms with van der Waals surface area (Å²) in [6, 6.07) is -1.48. The Labute approximate surface area is 63.2 Å². The molecule has 0 aliphatic heterocycles. The monoisotopic (exact) mass is 160 g/mol. The lowest BCUT2D eigenvalue weighted by atomic mass is 9.97. The number of carbonyl (C=O) groups excluding carboxylic acids is 1. The van der Waals surface area contributed by atoms with Gasteiger partial charge < -0.3 is 5.11 Å². The quantitative estimate of drug-likeness (QED) is 0.612. The summed E-state index contributed by atoms with van der Waals surface area (Å²) >= 11 is 0. The van der Waals surface area contributed by atoms with Crippen molar-refractivity contribution in [2.24, 2.45) is 11.8 Å². The van der Waals surface area contributed by atoms with Crippen LogP contribution in [0.3, 0.4) is 0 Å². The molecule has 4 heteroatoms. The maximum atomic E-state index is 12.1. The summed E-state index contributed by atoms with van der Waals surface area (Å²) in [7, 11) is 0. The van der Waals surface area contributed by atoms with E-state index in [-0.39, 0.29) is 0 Å². The third-order valence-electron chi connectivity index (χ3n) is 2.12. The van der Waals surface area contributed by atoms with Gasteiger partial charge in [-0.2, -0.15) is 4.39 Å². The zero-order valence-electron chi connectivity index (χ0n) is 5.92. The number of aliphatic carboxylic acids is 1. The number of carboxylic acid groups (broad SMARTS) is 1. The average Bonchev–Trinajstić information content (AvgIpc) is 2.32. The van der Waals surface area contributed by atoms with Crippen molar-refractivity contribution < 1.29 is 19.1 Å². The van der Waals surface area contributed by atoms with Crippen LogP contribution in [-0.2, 0) is 9.59 Å². The highest BCUT2D eigenvalue weighted by atomic mass is 19.1. The maximum absolute atomic E-state index is 12.1. The first-order chi connectivity index (χ1) is 5.13. The highest BCUT2D eigenvalue weighted by molar-refractivity contribution is 5.80. The van der Waals surface area contributed by atoms with E-state index in [2.05, 4.69) is 0 Å². The van der Waals surface area contributed by atoms with Gasteiger partial charge in [-0.3, -0.25) is 9.59 Å². The third kappa shape index (κ3) is 1.56. The fraction of sp³-hybridized carbons (Fsp3) is 0.714. The van der Waals surface area contributed by atoms with Crippen LogP contribution in [0.1, 0.15) is 19.3 Å². The van der Waals surface area contributed by atoms with Crippen LogP contribution < -0.4 is 0 Å². The lowest BCUT2D eigenvalue weighted by Gasteiger charge is -2.08. The SMILES string of the molecule is O=C(O)[C@H]1CCC[C@H]1C(=O)F. The van der Waals surface area contributed by atoms with Crippen LogP contribution >= 0.6 is 0 Å². The molecule has 0 spiro atoms. The Kier molecular flexibility index (Phi) is 2.22. The largest absolute Gasteiger partial charge is 0.481 e. The van der Waals surface area contributed by atoms with Crippen molar-refractivity contribution in [3.63, 3.8) is 0 Å². The molecule has 0 radical (unpaired) electrons. The summed E-state index contributed by atoms with van der Waals surface area (Å²) in [6.45, 7) is 0. The molecule has 1 fully saturated rings. The van der Waals surface area contributed by atoms with Gasteiger partial charge in [0.1, 0.15) is 0 Å². The minimum atomic E-state index is -1.48. The Morgan fingerprint density at radius 3 is 2.18 bits per heavy atom. The molecule has 0 amide bonds. The van der Waals surface area contributed by atoms with E-state index in [0.29, 0.717) is 19.3 Å². The summed E-state index contributed by atoms with van der Waals surface area (Å²) in [5, 5.41) is 8.51. The molecule has 2 atom stereocenters. The fourth-order valence-corrected chi connectivity index (χ4v) is 1.53. The third-order valence-corrected chi connectivity index (χ3v) is 2.12. The predicted octanol–water partition coefficient (Wildman–Crippen LogP) is 0.983. The minimum absolute atomic E-state index is 0.381. The molecule has 0 heterocycles. The van der Waals surface area contributed by atoms with Gasteiger partial charge in [-0.15, -0.1) is 0 Å². The lowest BCUT2D eigenvalue weighted by molar-refractivity contribution is -0.148. The van der Waals surface area contributed by atoms with Crippen molar-refractivity contribution in [3.05, 3.63) is 0 Å². The number of carboxylic acids is 1. The number of rotatable bonds is 2. The molecule has 1 rings (SSSR count). The number of carbonyl (C=O) groups is 2. The van der Waals surface area contributed by atoms with Crippen molar-refractivity contribution in [1.29, 1.82) is 0 Å². The van der Waals surface area contributed by atoms with Gasteiger partial charge in [-0.05, 0) is 12.8 Å². The summed E-state index contributed by atoms with van der Waals surface area (Å²) in [5.41, 5.74) is 0. The summed E-state index contributed by atoms with van der Waals surface area (Å²) < 4.78 is 12.1. The number of halogens is 1. The van der Waals surface area contributed by atoms with E-state index in [1.807, 2.05) is 0 Å². The van der Waals surface area contributed by atoms with E-state index in [9.17, 15) is 14.0 Å². The molecular weight excluding hydrogens is 151 g/mol. The topological polar surface area (TPSA) is 54.4 Å². The Bertz CT molecular complexity index is 170. The van der Waals surface area contributed by atoms with Gasteiger partial charge in [0.15, 0.2) is 0 Å². The van der Waals surface area contributed by atoms with Crippen LogP contribution in [0.2, 0.25) is 0 Å². The van der Waals surface area contributed by atoms with E-state index < -0.39 is 23.8 Å². The van der Waals surface area contributed by atoms with E-state index in [4.69, 9.17) is 5.11 Å². The van der Waals surface area contributed by atoms with Gasteiger partial charge in [0.2, 0.25) is 0 Å². The summed E-state index contributed by atoms with van der Waals surface area (Å²) in [5.74, 6) is -2.72. The van der Waals surface area contributed by atoms with E-state index in [1.54, 1.807) is 0 Å². The Balaban J connectivity index is 2.65. The van der Waals surface area contributed by atoms with Crippen LogP contribution in [0.4, 0.5) is 4.39 Å². The minimum Gasteiger partial charge on any atom is -0.481 e. The van der Waals surface area contributed by atoms with Crippen LogP contribution in [0.5, 0.6) is 0 Å². The zero-order valence-corrected chi connectivity index (χ0v) is 5.92. The lowest BCUT2D eigenvalue weighted by Crippen LogP contribution is -2.22. The molecule has 0 aromatic rings. The van der Waals surface area contributed by atoms with Crippen molar-refractivity contribution in [3.8, 4) is 0 Å². The predicted molar refractivity (Wildman–Crippen MR) is 34.6 cm³/mol. The summed E-state index contributed by atoms with van der Waals surface area (Å²) in [4.78, 5) is 20.6. The molecule has 1 aliphatic rings. The molecule has 0 bridgehead atoms. The maximum Gasteiger partial charge on any atom is 0.307 e. The zero-order chi connectivity index (χ0) is 8.43. The standard InChI is InChI=1S/C7H9FO3/c8-6(9)4-2-1-3-5(4)7(10)11/h4-5H,1-3H2,(H,10,11)/t4-,5+/m1/s1. The molecule has 0 aromatic carbocycles. The number of hydrogen-bond donors (Lipinski definition) is 1. The van der Waals surface area contributed by atoms with Crippen LogP contribution in [0.25, 0.3) is 0 Å². The van der Waals surface area contributed by atoms with Crippen LogP contribution in [0, 0.1) is 11.8 Å². The van der Waals surface area contributed by atoms with Gasteiger partial charge in [0.05, 0.1) is 11.8 Å². The molecule has 62 valence electrons. The fourth-order valence-electron chi connectivity index (χ4n) is 1.53. The second-order valence-corrected chi connectivity index (χ2v) is 2.79. The van der Waals surface area contributed by atoms with Gasteiger partial charge in [0, 0.05) is 0 Å². The molecular formula is C7H9FO3. The van der Waals surface area contributed by atoms with Gasteiger partial charge >= 0.3 is 12.0 Å². The Morgan fingerprint density at radius 2 is 1.82 bits per heavy atom. The second-order valence-electron chi connectivity index (χ2n) is 2.79. The van der Waals surface area contributed by atoms with Gasteiger partial charge in [0.25, 0.3) is 0 Å². The summed E-state index contributed by atoms with van der Waals surface area (Å²) in [6.07, 6.45) is 1.44. The molecule has 1 N–H and O–H groups in total. The van der Waals surface area contributed by atoms with Crippen molar-refractivity contribution in [2.45, 2.75) is 19.3 Å². The van der Waals surface area contributed by atoms with E-state index in [0.717, 1.165) is 0 Å². The first-order valence-electron chi connectivity index (χ1n) is 3.55. The molecule has 0 aromatic heterocycles. The van der Waals surface area contributed by atoms with Crippen molar-refractivity contribution in [2.75, 3.05) is 0 Å². The highest BCUT2D eigenvalue weighted by Crippen LogP contribution is 2.32. The van der Waals surface area contributed by atoms with Crippen LogP contribution in [-0.4, -0.2) is 17.1 Å². The van der Waals surface area contributed by atoms with E-state index in [1.165, 1.54) is 0 Å². The molecule has 11 heavy (non-hydrogen) atoms. The Morgan fingerprint density at radius 1 is 1.27 bits per heavy atom. The van der Waals surface area contributed by atoms with Crippen LogP contribution in [0.15, 0.2) is 0 Å². The molecule has 3 nitrogen and oxygen atoms in total. The molecule has 1 saturated carbocycles. The van der Waals surface area contributed by atoms with Gasteiger partial charge in [-0.25, -0.2) is 0 Å². The van der Waals surface area contributed by atoms with E-state index >= 15 is 0 Å². The first kappa shape index (κ1) is 8.17. The normalized spacial score (nSPS) is 30.3. The van der Waals surface area contributed by atoms with Gasteiger partial charge in [-0.1, -0.05) is 6.42 Å². The average molecular weight is 160 g/mol. The smallest absolute Gasteiger partial charge is 0.307 e. The first-order valence-corrected chi connectivity index (χ1v) is 3.55. The molecule has 0 saturated heterocycles. The highest BCUT2D eigenvalue weighted by Gasteiger charge is 2.37. The number of hydrogen-bond acceptors (Lipinski definition) is 2. The Hall–Kier alpha value is -0.930. The van der Waals surface area contributed by atoms with Crippen molar-refractivity contribution in [1.82, 2.24) is 0 Å². The molecule has 0 unspecified atom stereocenters. The molecule has 1 aliphatic carbocycles. The second kappa shape index (κ2) is 2.98.